The van der Waals surface area contributed by atoms with Gasteiger partial charge in [-0.25, -0.2) is 10.2 Å². The van der Waals surface area contributed by atoms with E-state index in [1.165, 1.54) is 6.21 Å². The van der Waals surface area contributed by atoms with E-state index in [1.807, 2.05) is 31.2 Å². The van der Waals surface area contributed by atoms with Crippen LogP contribution in [0.15, 0.2) is 77.9 Å². The Hall–Kier alpha value is -4.13. The van der Waals surface area contributed by atoms with Crippen LogP contribution in [0.4, 0.5) is 0 Å². The summed E-state index contributed by atoms with van der Waals surface area (Å²) in [6, 6.07) is 21.2. The number of carbonyl (C=O) groups is 2. The molecule has 3 rings (SSSR count). The van der Waals surface area contributed by atoms with E-state index in [4.69, 9.17) is 14.2 Å². The molecular formula is C27H28N2O5. The number of aryl methyl sites for hydroxylation is 1. The maximum atomic E-state index is 12.3. The monoisotopic (exact) mass is 460 g/mol. The Kier molecular flexibility index (Phi) is 9.22. The molecule has 0 aromatic heterocycles. The normalized spacial score (nSPS) is 10.6. The van der Waals surface area contributed by atoms with E-state index in [0.717, 1.165) is 29.7 Å². The van der Waals surface area contributed by atoms with Crippen LogP contribution in [0.1, 0.15) is 41.3 Å². The van der Waals surface area contributed by atoms with Crippen LogP contribution in [-0.2, 0) is 4.79 Å². The summed E-state index contributed by atoms with van der Waals surface area (Å²) in [5.41, 5.74) is 4.52. The number of nitrogens with one attached hydrogen (secondary N) is 1. The van der Waals surface area contributed by atoms with Crippen molar-refractivity contribution in [1.29, 1.82) is 0 Å². The molecule has 3 aromatic rings. The summed E-state index contributed by atoms with van der Waals surface area (Å²) < 4.78 is 16.5. The molecule has 0 aliphatic rings. The quantitative estimate of drug-likeness (QED) is 0.144. The van der Waals surface area contributed by atoms with Gasteiger partial charge in [-0.2, -0.15) is 5.10 Å². The fourth-order valence-corrected chi connectivity index (χ4v) is 2.91. The van der Waals surface area contributed by atoms with Gasteiger partial charge in [-0.15, -0.1) is 0 Å². The topological polar surface area (TPSA) is 86.2 Å². The molecule has 7 heteroatoms. The van der Waals surface area contributed by atoms with Gasteiger partial charge in [0.25, 0.3) is 5.91 Å². The number of nitrogens with zero attached hydrogens (tertiary/aromatic N) is 1. The molecule has 34 heavy (non-hydrogen) atoms. The van der Waals surface area contributed by atoms with Gasteiger partial charge in [-0.05, 0) is 79.1 Å². The van der Waals surface area contributed by atoms with Crippen LogP contribution < -0.4 is 19.6 Å². The van der Waals surface area contributed by atoms with Crippen molar-refractivity contribution in [3.63, 3.8) is 0 Å². The van der Waals surface area contributed by atoms with Gasteiger partial charge >= 0.3 is 5.97 Å². The fraction of sp³-hybridized carbons (Fsp3) is 0.222. The molecule has 0 atom stereocenters. The van der Waals surface area contributed by atoms with Gasteiger partial charge in [0.15, 0.2) is 6.61 Å². The maximum absolute atomic E-state index is 12.3. The molecule has 1 amide bonds. The number of esters is 1. The number of benzene rings is 3. The van der Waals surface area contributed by atoms with E-state index in [1.54, 1.807) is 48.5 Å². The number of rotatable bonds is 11. The molecule has 0 heterocycles. The second-order valence-electron chi connectivity index (χ2n) is 7.53. The zero-order valence-electron chi connectivity index (χ0n) is 19.3. The number of hydrogen-bond donors (Lipinski definition) is 1. The molecule has 0 spiro atoms. The molecule has 7 nitrogen and oxygen atoms in total. The molecule has 0 bridgehead atoms. The molecule has 0 fully saturated rings. The van der Waals surface area contributed by atoms with E-state index in [0.29, 0.717) is 23.7 Å². The van der Waals surface area contributed by atoms with Gasteiger partial charge in [0.2, 0.25) is 0 Å². The molecule has 3 aromatic carbocycles. The third-order valence-electron chi connectivity index (χ3n) is 4.82. The first-order valence-corrected chi connectivity index (χ1v) is 11.1. The smallest absolute Gasteiger partial charge is 0.343 e. The number of unbranched alkanes of at least 4 members (excludes halogenated alkanes) is 1. The van der Waals surface area contributed by atoms with Crippen molar-refractivity contribution in [2.24, 2.45) is 5.10 Å². The van der Waals surface area contributed by atoms with Crippen LogP contribution in [0.2, 0.25) is 0 Å². The first kappa shape index (κ1) is 24.5. The van der Waals surface area contributed by atoms with Crippen molar-refractivity contribution in [3.05, 3.63) is 89.5 Å². The maximum Gasteiger partial charge on any atom is 0.343 e. The van der Waals surface area contributed by atoms with Crippen LogP contribution in [0.25, 0.3) is 0 Å². The molecule has 0 unspecified atom stereocenters. The second-order valence-corrected chi connectivity index (χ2v) is 7.53. The van der Waals surface area contributed by atoms with E-state index in [2.05, 4.69) is 17.5 Å². The minimum absolute atomic E-state index is 0.166. The average Bonchev–Trinajstić information content (AvgIpc) is 2.85. The van der Waals surface area contributed by atoms with Gasteiger partial charge < -0.3 is 14.2 Å². The Morgan fingerprint density at radius 2 is 1.53 bits per heavy atom. The molecular weight excluding hydrogens is 432 g/mol. The van der Waals surface area contributed by atoms with E-state index in [9.17, 15) is 9.59 Å². The van der Waals surface area contributed by atoms with Gasteiger partial charge in [0, 0.05) is 0 Å². The Morgan fingerprint density at radius 1 is 0.882 bits per heavy atom. The van der Waals surface area contributed by atoms with E-state index < -0.39 is 5.97 Å². The summed E-state index contributed by atoms with van der Waals surface area (Å²) in [6.07, 6.45) is 3.58. The van der Waals surface area contributed by atoms with Crippen molar-refractivity contribution in [2.75, 3.05) is 13.2 Å². The van der Waals surface area contributed by atoms with Crippen molar-refractivity contribution < 1.29 is 23.8 Å². The lowest BCUT2D eigenvalue weighted by Crippen LogP contribution is -2.24. The first-order valence-electron chi connectivity index (χ1n) is 11.1. The third-order valence-corrected chi connectivity index (χ3v) is 4.82. The van der Waals surface area contributed by atoms with Crippen LogP contribution in [-0.4, -0.2) is 31.3 Å². The molecule has 0 aliphatic heterocycles. The van der Waals surface area contributed by atoms with Gasteiger partial charge in [-0.3, -0.25) is 4.79 Å². The molecule has 0 saturated carbocycles. The number of amides is 1. The lowest BCUT2D eigenvalue weighted by molar-refractivity contribution is -0.123. The second kappa shape index (κ2) is 12.8. The molecule has 176 valence electrons. The third kappa shape index (κ3) is 7.78. The van der Waals surface area contributed by atoms with Crippen molar-refractivity contribution in [2.45, 2.75) is 26.7 Å². The lowest BCUT2D eigenvalue weighted by Gasteiger charge is -2.08. The predicted molar refractivity (Wildman–Crippen MR) is 131 cm³/mol. The molecule has 0 radical (unpaired) electrons. The highest BCUT2D eigenvalue weighted by molar-refractivity contribution is 5.92. The van der Waals surface area contributed by atoms with Crippen molar-refractivity contribution >= 4 is 18.1 Å². The van der Waals surface area contributed by atoms with Crippen LogP contribution in [0, 0.1) is 6.92 Å². The molecule has 0 aliphatic carbocycles. The summed E-state index contributed by atoms with van der Waals surface area (Å²) in [7, 11) is 0. The highest BCUT2D eigenvalue weighted by atomic mass is 16.5. The Labute approximate surface area is 199 Å². The lowest BCUT2D eigenvalue weighted by atomic mass is 10.1. The standard InChI is InChI=1S/C27H28N2O5/c1-3-4-17-32-22-13-15-23(16-14-22)33-19-26(30)29-28-18-21-9-11-24(12-10-21)34-27(31)25-8-6-5-7-20(25)2/h5-16,18H,3-4,17,19H2,1-2H3,(H,29,30)/b28-18+. The number of hydrogen-bond acceptors (Lipinski definition) is 6. The van der Waals surface area contributed by atoms with Crippen LogP contribution in [0.5, 0.6) is 17.2 Å². The summed E-state index contributed by atoms with van der Waals surface area (Å²) in [5.74, 6) is 0.960. The summed E-state index contributed by atoms with van der Waals surface area (Å²) in [6.45, 7) is 4.48. The van der Waals surface area contributed by atoms with Crippen molar-refractivity contribution in [1.82, 2.24) is 5.43 Å². The zero-order valence-corrected chi connectivity index (χ0v) is 19.3. The van der Waals surface area contributed by atoms with Gasteiger partial charge in [-0.1, -0.05) is 31.5 Å². The summed E-state index contributed by atoms with van der Waals surface area (Å²) in [5, 5.41) is 3.93. The predicted octanol–water partition coefficient (Wildman–Crippen LogP) is 4.92. The largest absolute Gasteiger partial charge is 0.494 e. The van der Waals surface area contributed by atoms with Gasteiger partial charge in [0.05, 0.1) is 18.4 Å². The first-order chi connectivity index (χ1) is 16.5. The van der Waals surface area contributed by atoms with E-state index in [-0.39, 0.29) is 12.5 Å². The summed E-state index contributed by atoms with van der Waals surface area (Å²) in [4.78, 5) is 24.2. The van der Waals surface area contributed by atoms with Crippen molar-refractivity contribution in [3.8, 4) is 17.2 Å². The molecule has 0 saturated heterocycles. The minimum Gasteiger partial charge on any atom is -0.494 e. The fourth-order valence-electron chi connectivity index (χ4n) is 2.91. The Balaban J connectivity index is 1.41. The average molecular weight is 461 g/mol. The SMILES string of the molecule is CCCCOc1ccc(OCC(=O)N/N=C/c2ccc(OC(=O)c3ccccc3C)cc2)cc1. The van der Waals surface area contributed by atoms with Crippen LogP contribution >= 0.6 is 0 Å². The minimum atomic E-state index is -0.412. The summed E-state index contributed by atoms with van der Waals surface area (Å²) >= 11 is 0. The Morgan fingerprint density at radius 3 is 2.21 bits per heavy atom. The molecule has 1 N–H and O–H groups in total. The zero-order chi connectivity index (χ0) is 24.2. The van der Waals surface area contributed by atoms with Crippen LogP contribution in [0.3, 0.4) is 0 Å². The van der Waals surface area contributed by atoms with Gasteiger partial charge in [0.1, 0.15) is 17.2 Å². The Bertz CT molecular complexity index is 1110. The number of carbonyl (C=O) groups excluding carboxylic acids is 2. The number of hydrazone groups is 1. The number of ether oxygens (including phenoxy) is 3. The highest BCUT2D eigenvalue weighted by Crippen LogP contribution is 2.18. The highest BCUT2D eigenvalue weighted by Gasteiger charge is 2.10. The van der Waals surface area contributed by atoms with E-state index >= 15 is 0 Å².